The molecule has 1 fully saturated rings. The van der Waals surface area contributed by atoms with Crippen molar-refractivity contribution in [2.24, 2.45) is 0 Å². The number of benzene rings is 1. The van der Waals surface area contributed by atoms with Crippen molar-refractivity contribution in [1.82, 2.24) is 20.3 Å². The van der Waals surface area contributed by atoms with Crippen LogP contribution in [-0.4, -0.2) is 34.0 Å². The van der Waals surface area contributed by atoms with Crippen LogP contribution in [0.2, 0.25) is 5.02 Å². The lowest BCUT2D eigenvalue weighted by Crippen LogP contribution is -2.43. The third-order valence-electron chi connectivity index (χ3n) is 3.00. The number of carbonyl (C=O) groups excluding carboxylic acids is 1. The summed E-state index contributed by atoms with van der Waals surface area (Å²) in [6, 6.07) is 7.35. The second-order valence-corrected chi connectivity index (χ2v) is 4.74. The number of anilines is 1. The average Bonchev–Trinajstić information content (AvgIpc) is 2.79. The molecule has 0 aliphatic carbocycles. The average molecular weight is 278 g/mol. The number of aromatic nitrogens is 3. The molecule has 1 aromatic carbocycles. The number of hydrogen-bond donors (Lipinski definition) is 2. The van der Waals surface area contributed by atoms with Crippen LogP contribution >= 0.6 is 11.6 Å². The lowest BCUT2D eigenvalue weighted by molar-refractivity contribution is 0.102. The molecule has 0 saturated carbocycles. The maximum Gasteiger partial charge on any atom is 0.277 e. The molecule has 0 atom stereocenters. The fourth-order valence-corrected chi connectivity index (χ4v) is 1.95. The Morgan fingerprint density at radius 2 is 2.21 bits per heavy atom. The van der Waals surface area contributed by atoms with Gasteiger partial charge in [-0.3, -0.25) is 4.79 Å². The number of para-hydroxylation sites is 1. The van der Waals surface area contributed by atoms with E-state index < -0.39 is 0 Å². The first-order valence-electron chi connectivity index (χ1n) is 5.92. The van der Waals surface area contributed by atoms with Gasteiger partial charge in [-0.05, 0) is 12.1 Å². The van der Waals surface area contributed by atoms with E-state index in [9.17, 15) is 4.79 Å². The van der Waals surface area contributed by atoms with Gasteiger partial charge in [-0.1, -0.05) is 28.9 Å². The molecule has 3 rings (SSSR count). The lowest BCUT2D eigenvalue weighted by atomic mass is 10.2. The van der Waals surface area contributed by atoms with Gasteiger partial charge in [-0.2, -0.15) is 0 Å². The van der Waals surface area contributed by atoms with E-state index in [4.69, 9.17) is 11.6 Å². The summed E-state index contributed by atoms with van der Waals surface area (Å²) in [4.78, 5) is 12.0. The fraction of sp³-hybridized carbons (Fsp3) is 0.250. The first-order valence-corrected chi connectivity index (χ1v) is 6.30. The van der Waals surface area contributed by atoms with E-state index in [-0.39, 0.29) is 17.6 Å². The summed E-state index contributed by atoms with van der Waals surface area (Å²) >= 11 is 5.98. The number of amides is 1. The van der Waals surface area contributed by atoms with Gasteiger partial charge in [-0.25, -0.2) is 4.68 Å². The molecular weight excluding hydrogens is 266 g/mol. The van der Waals surface area contributed by atoms with E-state index >= 15 is 0 Å². The van der Waals surface area contributed by atoms with Gasteiger partial charge in [-0.15, -0.1) is 5.10 Å². The molecule has 0 spiro atoms. The van der Waals surface area contributed by atoms with Gasteiger partial charge in [0.15, 0.2) is 5.69 Å². The molecule has 0 unspecified atom stereocenters. The van der Waals surface area contributed by atoms with Crippen molar-refractivity contribution in [2.75, 3.05) is 18.4 Å². The first-order chi connectivity index (χ1) is 9.24. The van der Waals surface area contributed by atoms with Crippen molar-refractivity contribution in [3.8, 4) is 0 Å². The Kier molecular flexibility index (Phi) is 3.18. The zero-order valence-electron chi connectivity index (χ0n) is 10.0. The minimum Gasteiger partial charge on any atom is -0.319 e. The van der Waals surface area contributed by atoms with E-state index in [1.165, 1.54) is 0 Å². The smallest absolute Gasteiger partial charge is 0.277 e. The van der Waals surface area contributed by atoms with Crippen LogP contribution in [0.1, 0.15) is 16.5 Å². The normalized spacial score (nSPS) is 15.0. The van der Waals surface area contributed by atoms with Crippen molar-refractivity contribution in [2.45, 2.75) is 6.04 Å². The van der Waals surface area contributed by atoms with E-state index in [1.807, 2.05) is 0 Å². The summed E-state index contributed by atoms with van der Waals surface area (Å²) in [6.07, 6.45) is 1.65. The summed E-state index contributed by atoms with van der Waals surface area (Å²) in [7, 11) is 0. The minimum absolute atomic E-state index is 0.284. The molecule has 0 bridgehead atoms. The molecule has 98 valence electrons. The highest BCUT2D eigenvalue weighted by Gasteiger charge is 2.21. The summed E-state index contributed by atoms with van der Waals surface area (Å²) in [5, 5.41) is 14.2. The minimum atomic E-state index is -0.313. The molecule has 1 aromatic heterocycles. The molecule has 1 amide bonds. The predicted molar refractivity (Wildman–Crippen MR) is 71.3 cm³/mol. The van der Waals surface area contributed by atoms with Crippen LogP contribution in [0, 0.1) is 0 Å². The topological polar surface area (TPSA) is 71.8 Å². The Bertz CT molecular complexity index is 608. The van der Waals surface area contributed by atoms with Gasteiger partial charge in [0.1, 0.15) is 0 Å². The number of halogens is 1. The molecule has 2 heterocycles. The Balaban J connectivity index is 1.73. The standard InChI is InChI=1S/C12H12ClN5O/c13-9-3-1-2-4-10(9)15-12(19)11-7-18(17-16-11)8-5-14-6-8/h1-4,7-8,14H,5-6H2,(H,15,19). The largest absolute Gasteiger partial charge is 0.319 e. The molecule has 0 radical (unpaired) electrons. The second-order valence-electron chi connectivity index (χ2n) is 4.33. The molecule has 19 heavy (non-hydrogen) atoms. The van der Waals surface area contributed by atoms with Crippen LogP contribution < -0.4 is 10.6 Å². The first kappa shape index (κ1) is 12.1. The van der Waals surface area contributed by atoms with Gasteiger partial charge < -0.3 is 10.6 Å². The third-order valence-corrected chi connectivity index (χ3v) is 3.33. The molecule has 7 heteroatoms. The lowest BCUT2D eigenvalue weighted by Gasteiger charge is -2.26. The zero-order valence-corrected chi connectivity index (χ0v) is 10.8. The predicted octanol–water partition coefficient (Wildman–Crippen LogP) is 1.33. The van der Waals surface area contributed by atoms with Crippen LogP contribution in [0.4, 0.5) is 5.69 Å². The second kappa shape index (κ2) is 4.99. The summed E-state index contributed by atoms with van der Waals surface area (Å²) in [5.74, 6) is -0.313. The zero-order chi connectivity index (χ0) is 13.2. The summed E-state index contributed by atoms with van der Waals surface area (Å²) < 4.78 is 1.71. The van der Waals surface area contributed by atoms with Crippen LogP contribution in [-0.2, 0) is 0 Å². The van der Waals surface area contributed by atoms with Crippen molar-refractivity contribution in [3.63, 3.8) is 0 Å². The Morgan fingerprint density at radius 3 is 2.89 bits per heavy atom. The van der Waals surface area contributed by atoms with Gasteiger partial charge in [0.05, 0.1) is 22.9 Å². The fourth-order valence-electron chi connectivity index (χ4n) is 1.77. The van der Waals surface area contributed by atoms with Crippen molar-refractivity contribution < 1.29 is 4.79 Å². The van der Waals surface area contributed by atoms with E-state index in [0.29, 0.717) is 10.7 Å². The number of carbonyl (C=O) groups is 1. The maximum atomic E-state index is 12.0. The van der Waals surface area contributed by atoms with Crippen molar-refractivity contribution in [3.05, 3.63) is 41.2 Å². The highest BCUT2D eigenvalue weighted by atomic mass is 35.5. The van der Waals surface area contributed by atoms with Crippen LogP contribution in [0.15, 0.2) is 30.5 Å². The number of hydrogen-bond acceptors (Lipinski definition) is 4. The SMILES string of the molecule is O=C(Nc1ccccc1Cl)c1cn(C2CNC2)nn1. The molecule has 1 aliphatic rings. The maximum absolute atomic E-state index is 12.0. The van der Waals surface area contributed by atoms with Crippen LogP contribution in [0.25, 0.3) is 0 Å². The van der Waals surface area contributed by atoms with Gasteiger partial charge >= 0.3 is 0 Å². The van der Waals surface area contributed by atoms with Crippen molar-refractivity contribution in [1.29, 1.82) is 0 Å². The highest BCUT2D eigenvalue weighted by molar-refractivity contribution is 6.33. The van der Waals surface area contributed by atoms with Crippen LogP contribution in [0.3, 0.4) is 0 Å². The Morgan fingerprint density at radius 1 is 1.42 bits per heavy atom. The molecule has 6 nitrogen and oxygen atoms in total. The van der Waals surface area contributed by atoms with E-state index in [0.717, 1.165) is 13.1 Å². The Hall–Kier alpha value is -1.92. The van der Waals surface area contributed by atoms with E-state index in [1.54, 1.807) is 35.1 Å². The Labute approximate surface area is 114 Å². The van der Waals surface area contributed by atoms with E-state index in [2.05, 4.69) is 20.9 Å². The van der Waals surface area contributed by atoms with Gasteiger partial charge in [0.25, 0.3) is 5.91 Å². The molecule has 1 saturated heterocycles. The monoisotopic (exact) mass is 277 g/mol. The van der Waals surface area contributed by atoms with Crippen LogP contribution in [0.5, 0.6) is 0 Å². The summed E-state index contributed by atoms with van der Waals surface area (Å²) in [5.41, 5.74) is 0.848. The molecule has 2 N–H and O–H groups in total. The van der Waals surface area contributed by atoms with Gasteiger partial charge in [0.2, 0.25) is 0 Å². The molecular formula is C12H12ClN5O. The number of rotatable bonds is 3. The summed E-state index contributed by atoms with van der Waals surface area (Å²) in [6.45, 7) is 1.71. The van der Waals surface area contributed by atoms with Crippen molar-refractivity contribution >= 4 is 23.2 Å². The number of nitrogens with zero attached hydrogens (tertiary/aromatic N) is 3. The quantitative estimate of drug-likeness (QED) is 0.888. The number of nitrogens with one attached hydrogen (secondary N) is 2. The molecule has 2 aromatic rings. The molecule has 1 aliphatic heterocycles. The third kappa shape index (κ3) is 2.45. The van der Waals surface area contributed by atoms with Gasteiger partial charge in [0, 0.05) is 13.1 Å². The highest BCUT2D eigenvalue weighted by Crippen LogP contribution is 2.21.